The number of benzene rings is 7. The van der Waals surface area contributed by atoms with E-state index >= 15 is 0 Å². The molecule has 56 heavy (non-hydrogen) atoms. The van der Waals surface area contributed by atoms with E-state index in [9.17, 15) is 0 Å². The Labute approximate surface area is 327 Å². The van der Waals surface area contributed by atoms with Crippen LogP contribution >= 0.6 is 0 Å². The Hall–Kier alpha value is -7.30. The van der Waals surface area contributed by atoms with Crippen molar-refractivity contribution in [3.63, 3.8) is 0 Å². The predicted octanol–water partition coefficient (Wildman–Crippen LogP) is 13.2. The number of rotatable bonds is 8. The molecule has 0 atom stereocenters. The molecule has 0 saturated heterocycles. The summed E-state index contributed by atoms with van der Waals surface area (Å²) in [4.78, 5) is 20.0. The highest BCUT2D eigenvalue weighted by Crippen LogP contribution is 2.44. The summed E-state index contributed by atoms with van der Waals surface area (Å²) < 4.78 is 0. The van der Waals surface area contributed by atoms with Crippen molar-refractivity contribution in [1.29, 1.82) is 0 Å². The first-order valence-electron chi connectivity index (χ1n) is 18.9. The minimum atomic E-state index is 0.613. The van der Waals surface area contributed by atoms with Gasteiger partial charge in [-0.1, -0.05) is 170 Å². The maximum absolute atomic E-state index is 5.15. The lowest BCUT2D eigenvalue weighted by Gasteiger charge is -2.19. The smallest absolute Gasteiger partial charge is 0.164 e. The number of aromatic nitrogens is 4. The van der Waals surface area contributed by atoms with Gasteiger partial charge in [0.25, 0.3) is 0 Å². The van der Waals surface area contributed by atoms with Gasteiger partial charge >= 0.3 is 0 Å². The van der Waals surface area contributed by atoms with E-state index in [1.54, 1.807) is 0 Å². The van der Waals surface area contributed by atoms with E-state index in [2.05, 4.69) is 176 Å². The Bertz CT molecular complexity index is 2720. The molecule has 2 heterocycles. The molecule has 0 aliphatic heterocycles. The van der Waals surface area contributed by atoms with Crippen molar-refractivity contribution in [1.82, 2.24) is 19.9 Å². The summed E-state index contributed by atoms with van der Waals surface area (Å²) in [7, 11) is 0. The molecule has 4 nitrogen and oxygen atoms in total. The average molecular weight is 719 g/mol. The molecule has 0 aliphatic carbocycles. The molecule has 0 spiro atoms. The molecule has 0 bridgehead atoms. The van der Waals surface area contributed by atoms with E-state index in [0.717, 1.165) is 78.1 Å². The van der Waals surface area contributed by atoms with Crippen LogP contribution in [0.4, 0.5) is 0 Å². The second-order valence-corrected chi connectivity index (χ2v) is 14.0. The van der Waals surface area contributed by atoms with E-state index in [4.69, 9.17) is 15.0 Å². The summed E-state index contributed by atoms with van der Waals surface area (Å²) in [5.74, 6) is 1.86. The van der Waals surface area contributed by atoms with Gasteiger partial charge in [0.05, 0.1) is 0 Å². The lowest BCUT2D eigenvalue weighted by Crippen LogP contribution is -2.00. The molecule has 0 fully saturated rings. The van der Waals surface area contributed by atoms with Crippen LogP contribution < -0.4 is 0 Å². The van der Waals surface area contributed by atoms with Gasteiger partial charge in [0.15, 0.2) is 17.5 Å². The molecule has 0 unspecified atom stereocenters. The van der Waals surface area contributed by atoms with Crippen molar-refractivity contribution in [3.05, 3.63) is 206 Å². The second kappa shape index (κ2) is 15.2. The fourth-order valence-corrected chi connectivity index (χ4v) is 7.40. The molecule has 0 radical (unpaired) electrons. The maximum atomic E-state index is 5.15. The minimum Gasteiger partial charge on any atom is -0.258 e. The van der Waals surface area contributed by atoms with Crippen LogP contribution in [0.25, 0.3) is 89.8 Å². The molecule has 0 aliphatic rings. The van der Waals surface area contributed by atoms with E-state index < -0.39 is 0 Å². The first-order chi connectivity index (χ1) is 27.6. The number of hydrogen-bond acceptors (Lipinski definition) is 4. The Kier molecular flexibility index (Phi) is 9.36. The van der Waals surface area contributed by atoms with Crippen LogP contribution in [0, 0.1) is 13.8 Å². The van der Waals surface area contributed by atoms with Gasteiger partial charge < -0.3 is 0 Å². The van der Waals surface area contributed by atoms with Gasteiger partial charge in [-0.15, -0.1) is 0 Å². The molecule has 4 heteroatoms. The van der Waals surface area contributed by atoms with E-state index in [0.29, 0.717) is 17.5 Å². The number of hydrogen-bond donors (Lipinski definition) is 0. The van der Waals surface area contributed by atoms with Gasteiger partial charge in [0, 0.05) is 33.6 Å². The van der Waals surface area contributed by atoms with Gasteiger partial charge in [-0.3, -0.25) is 4.98 Å². The van der Waals surface area contributed by atoms with E-state index in [1.165, 1.54) is 5.56 Å². The van der Waals surface area contributed by atoms with Gasteiger partial charge in [-0.25, -0.2) is 15.0 Å². The van der Waals surface area contributed by atoms with E-state index in [1.807, 2.05) is 37.3 Å². The Morgan fingerprint density at radius 1 is 0.268 bits per heavy atom. The Balaban J connectivity index is 1.22. The van der Waals surface area contributed by atoms with Crippen molar-refractivity contribution < 1.29 is 0 Å². The number of aryl methyl sites for hydroxylation is 2. The molecule has 9 rings (SSSR count). The summed E-state index contributed by atoms with van der Waals surface area (Å²) >= 11 is 0. The van der Waals surface area contributed by atoms with Crippen LogP contribution in [0.2, 0.25) is 0 Å². The monoisotopic (exact) mass is 718 g/mol. The fraction of sp³-hybridized carbons (Fsp3) is 0.0385. The predicted molar refractivity (Wildman–Crippen MR) is 231 cm³/mol. The number of nitrogens with zero attached hydrogens (tertiary/aromatic N) is 4. The zero-order valence-corrected chi connectivity index (χ0v) is 31.3. The first-order valence-corrected chi connectivity index (χ1v) is 18.9. The topological polar surface area (TPSA) is 51.6 Å². The lowest BCUT2D eigenvalue weighted by molar-refractivity contribution is 1.07. The van der Waals surface area contributed by atoms with Crippen molar-refractivity contribution in [2.24, 2.45) is 0 Å². The normalized spacial score (nSPS) is 11.0. The fourth-order valence-electron chi connectivity index (χ4n) is 7.40. The maximum Gasteiger partial charge on any atom is 0.164 e. The largest absolute Gasteiger partial charge is 0.258 e. The van der Waals surface area contributed by atoms with Crippen molar-refractivity contribution in [2.75, 3.05) is 0 Å². The molecule has 0 amide bonds. The third-order valence-corrected chi connectivity index (χ3v) is 10.2. The SMILES string of the molecule is Cc1ccc(-c2ccc(-c3nc(-c4ccccc4)nc(-c4cccc(-c5c(-c6ccccc6)cc(-c6ccccc6)cc5-c5ccccc5)c4)n3)cc2)c(C)n1. The van der Waals surface area contributed by atoms with Crippen LogP contribution in [0.3, 0.4) is 0 Å². The van der Waals surface area contributed by atoms with Crippen molar-refractivity contribution in [3.8, 4) is 89.8 Å². The third-order valence-electron chi connectivity index (χ3n) is 10.2. The highest BCUT2D eigenvalue weighted by atomic mass is 15.0. The van der Waals surface area contributed by atoms with Gasteiger partial charge in [-0.2, -0.15) is 0 Å². The standard InChI is InChI=1S/C52H38N4/c1-35-26-31-46(36(2)53-35)40-27-29-42(30-28-40)51-54-50(41-22-13-6-14-23-41)55-52(56-51)44-25-15-24-43(32-44)49-47(38-18-9-4-10-19-38)33-45(37-16-7-3-8-17-37)34-48(49)39-20-11-5-12-21-39/h3-34H,1-2H3. The molecule has 266 valence electrons. The Morgan fingerprint density at radius 3 is 1.21 bits per heavy atom. The minimum absolute atomic E-state index is 0.613. The zero-order chi connectivity index (χ0) is 37.8. The number of pyridine rings is 1. The third kappa shape index (κ3) is 7.04. The molecule has 7 aromatic carbocycles. The van der Waals surface area contributed by atoms with Gasteiger partial charge in [0.2, 0.25) is 0 Å². The van der Waals surface area contributed by atoms with Crippen LogP contribution in [-0.2, 0) is 0 Å². The van der Waals surface area contributed by atoms with Crippen LogP contribution in [0.15, 0.2) is 194 Å². The molecule has 2 aromatic heterocycles. The lowest BCUT2D eigenvalue weighted by atomic mass is 9.84. The molecule has 0 N–H and O–H groups in total. The van der Waals surface area contributed by atoms with Gasteiger partial charge in [-0.05, 0) is 88.2 Å². The van der Waals surface area contributed by atoms with Crippen LogP contribution in [0.5, 0.6) is 0 Å². The average Bonchev–Trinajstić information content (AvgIpc) is 3.27. The van der Waals surface area contributed by atoms with Crippen LogP contribution in [-0.4, -0.2) is 19.9 Å². The summed E-state index contributed by atoms with van der Waals surface area (Å²) in [6, 6.07) is 68.0. The highest BCUT2D eigenvalue weighted by Gasteiger charge is 2.19. The molecular weight excluding hydrogens is 681 g/mol. The summed E-state index contributed by atoms with van der Waals surface area (Å²) in [5.41, 5.74) is 16.2. The van der Waals surface area contributed by atoms with E-state index in [-0.39, 0.29) is 0 Å². The van der Waals surface area contributed by atoms with Crippen molar-refractivity contribution >= 4 is 0 Å². The second-order valence-electron chi connectivity index (χ2n) is 14.0. The first kappa shape index (κ1) is 34.5. The summed E-state index contributed by atoms with van der Waals surface area (Å²) in [5, 5.41) is 0. The van der Waals surface area contributed by atoms with Gasteiger partial charge in [0.1, 0.15) is 0 Å². The molecule has 9 aromatic rings. The quantitative estimate of drug-likeness (QED) is 0.157. The zero-order valence-electron chi connectivity index (χ0n) is 31.3. The highest BCUT2D eigenvalue weighted by molar-refractivity contribution is 5.98. The van der Waals surface area contributed by atoms with Crippen LogP contribution in [0.1, 0.15) is 11.4 Å². The molecular formula is C52H38N4. The summed E-state index contributed by atoms with van der Waals surface area (Å²) in [6.07, 6.45) is 0. The molecule has 0 saturated carbocycles. The Morgan fingerprint density at radius 2 is 0.679 bits per heavy atom. The van der Waals surface area contributed by atoms with Crippen molar-refractivity contribution in [2.45, 2.75) is 13.8 Å². The summed E-state index contributed by atoms with van der Waals surface area (Å²) in [6.45, 7) is 4.07.